The highest BCUT2D eigenvalue weighted by molar-refractivity contribution is 5.75. The summed E-state index contributed by atoms with van der Waals surface area (Å²) >= 11 is 0. The highest BCUT2D eigenvalue weighted by Crippen LogP contribution is 2.52. The number of ether oxygens (including phenoxy) is 5. The highest BCUT2D eigenvalue weighted by atomic mass is 16.6. The van der Waals surface area contributed by atoms with Crippen LogP contribution in [0.2, 0.25) is 0 Å². The van der Waals surface area contributed by atoms with Gasteiger partial charge in [0.2, 0.25) is 5.91 Å². The van der Waals surface area contributed by atoms with Gasteiger partial charge >= 0.3 is 6.09 Å². The van der Waals surface area contributed by atoms with Gasteiger partial charge in [-0.05, 0) is 30.6 Å². The van der Waals surface area contributed by atoms with Crippen molar-refractivity contribution in [3.05, 3.63) is 0 Å². The van der Waals surface area contributed by atoms with Crippen molar-refractivity contribution < 1.29 is 33.3 Å². The molecule has 9 heteroatoms. The first-order valence-electron chi connectivity index (χ1n) is 11.6. The summed E-state index contributed by atoms with van der Waals surface area (Å²) in [7, 11) is 1.60. The van der Waals surface area contributed by atoms with E-state index in [1.807, 2.05) is 0 Å². The number of rotatable bonds is 17. The van der Waals surface area contributed by atoms with Gasteiger partial charge in [0.1, 0.15) is 0 Å². The highest BCUT2D eigenvalue weighted by Gasteiger charge is 2.49. The summed E-state index contributed by atoms with van der Waals surface area (Å²) in [5.41, 5.74) is 0. The van der Waals surface area contributed by atoms with E-state index in [2.05, 4.69) is 22.5 Å². The third kappa shape index (κ3) is 11.7. The maximum atomic E-state index is 11.8. The molecule has 2 aliphatic carbocycles. The van der Waals surface area contributed by atoms with Crippen LogP contribution >= 0.6 is 0 Å². The molecule has 0 aromatic rings. The largest absolute Gasteiger partial charge is 0.449 e. The summed E-state index contributed by atoms with van der Waals surface area (Å²) in [4.78, 5) is 22.8. The Morgan fingerprint density at radius 3 is 1.91 bits per heavy atom. The van der Waals surface area contributed by atoms with Crippen LogP contribution in [0.4, 0.5) is 4.79 Å². The van der Waals surface area contributed by atoms with E-state index in [0.29, 0.717) is 90.2 Å². The van der Waals surface area contributed by atoms with Gasteiger partial charge in [-0.2, -0.15) is 0 Å². The second-order valence-corrected chi connectivity index (χ2v) is 7.82. The first-order chi connectivity index (χ1) is 15.7. The predicted molar refractivity (Wildman–Crippen MR) is 118 cm³/mol. The second kappa shape index (κ2) is 16.7. The molecule has 32 heavy (non-hydrogen) atoms. The third-order valence-electron chi connectivity index (χ3n) is 5.63. The normalized spacial score (nSPS) is 21.3. The van der Waals surface area contributed by atoms with Crippen molar-refractivity contribution in [3.63, 3.8) is 0 Å². The van der Waals surface area contributed by atoms with Crippen LogP contribution in [-0.4, -0.2) is 85.1 Å². The fourth-order valence-corrected chi connectivity index (χ4v) is 3.78. The summed E-state index contributed by atoms with van der Waals surface area (Å²) < 4.78 is 26.8. The fraction of sp³-hybridized carbons (Fsp3) is 0.826. The Labute approximate surface area is 191 Å². The zero-order chi connectivity index (χ0) is 22.9. The molecule has 2 aliphatic rings. The molecule has 0 bridgehead atoms. The lowest BCUT2D eigenvalue weighted by Gasteiger charge is -2.09. The van der Waals surface area contributed by atoms with Gasteiger partial charge in [0.05, 0.1) is 59.5 Å². The quantitative estimate of drug-likeness (QED) is 0.253. The molecule has 1 saturated carbocycles. The maximum Gasteiger partial charge on any atom is 0.407 e. The van der Waals surface area contributed by atoms with Gasteiger partial charge in [0, 0.05) is 32.9 Å². The van der Waals surface area contributed by atoms with Crippen molar-refractivity contribution in [1.29, 1.82) is 0 Å². The number of nitrogens with one attached hydrogen (secondary N) is 2. The number of fused-ring (bicyclic) bond motifs is 1. The van der Waals surface area contributed by atoms with E-state index in [1.54, 1.807) is 7.05 Å². The summed E-state index contributed by atoms with van der Waals surface area (Å²) in [6.45, 7) is 4.49. The molecule has 9 nitrogen and oxygen atoms in total. The number of hydrogen-bond acceptors (Lipinski definition) is 7. The summed E-state index contributed by atoms with van der Waals surface area (Å²) in [6, 6.07) is 0. The third-order valence-corrected chi connectivity index (χ3v) is 5.63. The topological polar surface area (TPSA) is 104 Å². The van der Waals surface area contributed by atoms with Crippen molar-refractivity contribution in [2.75, 3.05) is 73.1 Å². The monoisotopic (exact) mass is 454 g/mol. The van der Waals surface area contributed by atoms with Gasteiger partial charge in [-0.1, -0.05) is 0 Å². The van der Waals surface area contributed by atoms with Crippen molar-refractivity contribution in [1.82, 2.24) is 10.6 Å². The van der Waals surface area contributed by atoms with Gasteiger partial charge < -0.3 is 34.3 Å². The Morgan fingerprint density at radius 2 is 1.34 bits per heavy atom. The molecule has 182 valence electrons. The van der Waals surface area contributed by atoms with Crippen molar-refractivity contribution in [2.24, 2.45) is 17.8 Å². The predicted octanol–water partition coefficient (Wildman–Crippen LogP) is 1.35. The van der Waals surface area contributed by atoms with E-state index < -0.39 is 0 Å². The van der Waals surface area contributed by atoms with E-state index in [0.717, 1.165) is 25.7 Å². The van der Waals surface area contributed by atoms with E-state index in [1.165, 1.54) is 0 Å². The number of alkyl carbamates (subject to hydrolysis) is 1. The van der Waals surface area contributed by atoms with Crippen LogP contribution in [0.3, 0.4) is 0 Å². The Bertz CT molecular complexity index is 587. The first-order valence-corrected chi connectivity index (χ1v) is 11.6. The smallest absolute Gasteiger partial charge is 0.407 e. The molecule has 2 rings (SSSR count). The van der Waals surface area contributed by atoms with Crippen molar-refractivity contribution in [2.45, 2.75) is 32.1 Å². The second-order valence-electron chi connectivity index (χ2n) is 7.82. The Hall–Kier alpha value is -1.86. The van der Waals surface area contributed by atoms with Crippen LogP contribution in [-0.2, 0) is 28.5 Å². The van der Waals surface area contributed by atoms with Gasteiger partial charge in [-0.15, -0.1) is 11.8 Å². The lowest BCUT2D eigenvalue weighted by Crippen LogP contribution is -2.29. The van der Waals surface area contributed by atoms with Crippen LogP contribution in [0.1, 0.15) is 32.1 Å². The summed E-state index contributed by atoms with van der Waals surface area (Å²) in [6.07, 6.45) is 4.17. The molecule has 1 fully saturated rings. The summed E-state index contributed by atoms with van der Waals surface area (Å²) in [5.74, 6) is 8.20. The molecule has 0 saturated heterocycles. The summed E-state index contributed by atoms with van der Waals surface area (Å²) in [5, 5.41) is 5.25. The van der Waals surface area contributed by atoms with Crippen LogP contribution in [0.5, 0.6) is 0 Å². The molecular formula is C23H38N2O7. The van der Waals surface area contributed by atoms with Crippen LogP contribution in [0.25, 0.3) is 0 Å². The first kappa shape index (κ1) is 26.4. The molecule has 1 unspecified atom stereocenters. The molecule has 0 aliphatic heterocycles. The standard InChI is InChI=1S/C23H38N2O7/c1-24-22(26)8-10-28-12-14-30-16-17-31-15-13-29-11-9-25-23(27)32-18-21-19-6-4-2-3-5-7-20(19)21/h19-21H,4-18H2,1H3,(H,24,26)(H,25,27)/t19-,20+,21?. The van der Waals surface area contributed by atoms with Crippen LogP contribution < -0.4 is 10.6 Å². The Kier molecular flexibility index (Phi) is 13.8. The zero-order valence-electron chi connectivity index (χ0n) is 19.2. The minimum Gasteiger partial charge on any atom is -0.449 e. The fourth-order valence-electron chi connectivity index (χ4n) is 3.78. The molecule has 2 amide bonds. The van der Waals surface area contributed by atoms with E-state index in [4.69, 9.17) is 23.7 Å². The molecule has 0 aromatic heterocycles. The minimum absolute atomic E-state index is 0.0371. The van der Waals surface area contributed by atoms with Crippen LogP contribution in [0, 0.1) is 29.6 Å². The van der Waals surface area contributed by atoms with Gasteiger partial charge in [-0.3, -0.25) is 4.79 Å². The number of amides is 2. The van der Waals surface area contributed by atoms with Gasteiger partial charge in [0.25, 0.3) is 0 Å². The maximum absolute atomic E-state index is 11.8. The van der Waals surface area contributed by atoms with Gasteiger partial charge in [0.15, 0.2) is 0 Å². The Morgan fingerprint density at radius 1 is 0.812 bits per heavy atom. The number of carbonyl (C=O) groups excluding carboxylic acids is 2. The zero-order valence-corrected chi connectivity index (χ0v) is 19.2. The number of hydrogen-bond donors (Lipinski definition) is 2. The molecule has 0 aromatic carbocycles. The molecular weight excluding hydrogens is 416 g/mol. The number of carbonyl (C=O) groups is 2. The molecule has 0 heterocycles. The molecule has 0 spiro atoms. The van der Waals surface area contributed by atoms with E-state index in [-0.39, 0.29) is 12.0 Å². The molecule has 2 N–H and O–H groups in total. The van der Waals surface area contributed by atoms with Crippen LogP contribution in [0.15, 0.2) is 0 Å². The average molecular weight is 455 g/mol. The lowest BCUT2D eigenvalue weighted by atomic mass is 10.1. The SMILES string of the molecule is CNC(=O)CCOCCOCCOCCOCCNC(=O)OCC1[C@H]2CCC#CCC[C@@H]12. The Balaban J connectivity index is 1.28. The van der Waals surface area contributed by atoms with Gasteiger partial charge in [-0.25, -0.2) is 4.79 Å². The van der Waals surface area contributed by atoms with E-state index >= 15 is 0 Å². The van der Waals surface area contributed by atoms with Crippen molar-refractivity contribution >= 4 is 12.0 Å². The average Bonchev–Trinajstić information content (AvgIpc) is 3.43. The lowest BCUT2D eigenvalue weighted by molar-refractivity contribution is -0.121. The molecule has 0 radical (unpaired) electrons. The van der Waals surface area contributed by atoms with E-state index in [9.17, 15) is 9.59 Å². The van der Waals surface area contributed by atoms with Crippen molar-refractivity contribution in [3.8, 4) is 11.8 Å². The molecule has 3 atom stereocenters. The minimum atomic E-state index is -0.380.